The normalized spacial score (nSPS) is 32.3. The summed E-state index contributed by atoms with van der Waals surface area (Å²) < 4.78 is 11.2. The average Bonchev–Trinajstić information content (AvgIpc) is 2.91. The van der Waals surface area contributed by atoms with E-state index < -0.39 is 30.1 Å². The molecule has 1 saturated heterocycles. The van der Waals surface area contributed by atoms with E-state index in [1.54, 1.807) is 19.9 Å². The summed E-state index contributed by atoms with van der Waals surface area (Å²) in [6, 6.07) is 0. The predicted octanol–water partition coefficient (Wildman–Crippen LogP) is 2.06. The van der Waals surface area contributed by atoms with Gasteiger partial charge < -0.3 is 19.7 Å². The minimum Gasteiger partial charge on any atom is -0.458 e. The van der Waals surface area contributed by atoms with Crippen LogP contribution in [0.25, 0.3) is 0 Å². The second-order valence-electron chi connectivity index (χ2n) is 7.00. The molecule has 2 rings (SSSR count). The van der Waals surface area contributed by atoms with Gasteiger partial charge in [0.1, 0.15) is 12.2 Å². The highest BCUT2D eigenvalue weighted by Crippen LogP contribution is 2.38. The summed E-state index contributed by atoms with van der Waals surface area (Å²) in [7, 11) is 0. The molecule has 0 bridgehead atoms. The van der Waals surface area contributed by atoms with Crippen molar-refractivity contribution in [2.24, 2.45) is 11.8 Å². The molecular weight excluding hydrogens is 336 g/mol. The molecule has 26 heavy (non-hydrogen) atoms. The van der Waals surface area contributed by atoms with Gasteiger partial charge in [0.15, 0.2) is 0 Å². The van der Waals surface area contributed by atoms with Gasteiger partial charge in [-0.25, -0.2) is 9.59 Å². The number of aliphatic hydroxyl groups is 2. The van der Waals surface area contributed by atoms with E-state index in [-0.39, 0.29) is 24.7 Å². The van der Waals surface area contributed by atoms with Gasteiger partial charge in [0, 0.05) is 24.2 Å². The molecule has 144 valence electrons. The van der Waals surface area contributed by atoms with Gasteiger partial charge in [-0.15, -0.1) is 0 Å². The lowest BCUT2D eigenvalue weighted by Gasteiger charge is -2.31. The molecule has 0 aromatic rings. The first kappa shape index (κ1) is 20.4. The number of aliphatic hydroxyl groups excluding tert-OH is 2. The van der Waals surface area contributed by atoms with Crippen molar-refractivity contribution in [3.63, 3.8) is 0 Å². The smallest absolute Gasteiger partial charge is 0.334 e. The van der Waals surface area contributed by atoms with Crippen molar-refractivity contribution >= 4 is 11.9 Å². The first-order chi connectivity index (χ1) is 12.4. The van der Waals surface area contributed by atoms with Gasteiger partial charge in [-0.05, 0) is 44.6 Å². The average molecular weight is 364 g/mol. The highest BCUT2D eigenvalue weighted by atomic mass is 16.6. The quantitative estimate of drug-likeness (QED) is 0.451. The molecule has 6 heteroatoms. The monoisotopic (exact) mass is 364 g/mol. The van der Waals surface area contributed by atoms with Crippen LogP contribution in [-0.2, 0) is 19.1 Å². The molecule has 0 spiro atoms. The second-order valence-corrected chi connectivity index (χ2v) is 7.00. The molecule has 1 aliphatic heterocycles. The number of hydrogen-bond donors (Lipinski definition) is 2. The van der Waals surface area contributed by atoms with E-state index in [1.165, 1.54) is 0 Å². The number of carbonyl (C=O) groups excluding carboxylic acids is 2. The van der Waals surface area contributed by atoms with Crippen LogP contribution in [0.1, 0.15) is 39.5 Å². The Balaban J connectivity index is 2.36. The van der Waals surface area contributed by atoms with E-state index in [0.717, 1.165) is 5.57 Å². The van der Waals surface area contributed by atoms with E-state index in [1.807, 2.05) is 6.08 Å². The minimum atomic E-state index is -0.614. The maximum atomic E-state index is 12.3. The van der Waals surface area contributed by atoms with Crippen LogP contribution in [0.2, 0.25) is 0 Å². The fourth-order valence-corrected chi connectivity index (χ4v) is 3.50. The van der Waals surface area contributed by atoms with Gasteiger partial charge in [-0.3, -0.25) is 0 Å². The third-order valence-corrected chi connectivity index (χ3v) is 5.24. The zero-order valence-corrected chi connectivity index (χ0v) is 15.4. The summed E-state index contributed by atoms with van der Waals surface area (Å²) in [5.74, 6) is -1.52. The van der Waals surface area contributed by atoms with Crippen LogP contribution in [0.15, 0.2) is 35.5 Å². The van der Waals surface area contributed by atoms with Crippen LogP contribution < -0.4 is 0 Å². The van der Waals surface area contributed by atoms with Crippen molar-refractivity contribution in [3.05, 3.63) is 35.5 Å². The maximum Gasteiger partial charge on any atom is 0.334 e. The summed E-state index contributed by atoms with van der Waals surface area (Å²) in [6.45, 7) is 7.10. The van der Waals surface area contributed by atoms with Crippen LogP contribution in [0.4, 0.5) is 0 Å². The van der Waals surface area contributed by atoms with E-state index in [9.17, 15) is 19.8 Å². The Morgan fingerprint density at radius 3 is 2.81 bits per heavy atom. The van der Waals surface area contributed by atoms with Crippen LogP contribution in [0.5, 0.6) is 0 Å². The number of fused-ring (bicyclic) bond motifs is 1. The molecule has 2 aliphatic rings. The molecule has 4 atom stereocenters. The van der Waals surface area contributed by atoms with Crippen molar-refractivity contribution < 1.29 is 29.3 Å². The van der Waals surface area contributed by atoms with Crippen molar-refractivity contribution in [1.29, 1.82) is 0 Å². The van der Waals surface area contributed by atoms with Crippen LogP contribution in [-0.4, -0.2) is 47.6 Å². The van der Waals surface area contributed by atoms with Crippen LogP contribution >= 0.6 is 0 Å². The molecule has 0 radical (unpaired) electrons. The molecular formula is C20H28O6. The third kappa shape index (κ3) is 4.62. The molecule has 1 heterocycles. The summed E-state index contributed by atoms with van der Waals surface area (Å²) in [5, 5.41) is 19.3. The van der Waals surface area contributed by atoms with Gasteiger partial charge in [0.2, 0.25) is 0 Å². The van der Waals surface area contributed by atoms with Gasteiger partial charge in [-0.1, -0.05) is 18.7 Å². The standard InChI is InChI=1S/C20H28O6/c1-4-12(2)19(23)25-16-8-14(10-21)6-5-7-15(11-22)9-17-18(16)13(3)20(24)26-17/h4,7,14,16-18,21-22H,3,5-6,8-11H2,1-2H3/b12-4-,15-7-/t14-,16?,17-,18-/m1/s1. The van der Waals surface area contributed by atoms with Crippen LogP contribution in [0.3, 0.4) is 0 Å². The van der Waals surface area contributed by atoms with Crippen LogP contribution in [0, 0.1) is 11.8 Å². The zero-order chi connectivity index (χ0) is 19.3. The van der Waals surface area contributed by atoms with Gasteiger partial charge in [0.05, 0.1) is 12.5 Å². The molecule has 1 unspecified atom stereocenters. The first-order valence-corrected chi connectivity index (χ1v) is 9.04. The third-order valence-electron chi connectivity index (χ3n) is 5.24. The molecule has 0 aromatic heterocycles. The van der Waals surface area contributed by atoms with Gasteiger partial charge in [0.25, 0.3) is 0 Å². The van der Waals surface area contributed by atoms with E-state index in [2.05, 4.69) is 6.58 Å². The minimum absolute atomic E-state index is 0.0440. The Hall–Kier alpha value is -1.92. The molecule has 6 nitrogen and oxygen atoms in total. The van der Waals surface area contributed by atoms with Gasteiger partial charge in [-0.2, -0.15) is 0 Å². The van der Waals surface area contributed by atoms with Crippen molar-refractivity contribution in [2.75, 3.05) is 13.2 Å². The lowest BCUT2D eigenvalue weighted by atomic mass is 9.81. The fourth-order valence-electron chi connectivity index (χ4n) is 3.50. The van der Waals surface area contributed by atoms with E-state index in [4.69, 9.17) is 9.47 Å². The number of rotatable bonds is 4. The topological polar surface area (TPSA) is 93.1 Å². The predicted molar refractivity (Wildman–Crippen MR) is 96.0 cm³/mol. The summed E-state index contributed by atoms with van der Waals surface area (Å²) >= 11 is 0. The van der Waals surface area contributed by atoms with E-state index >= 15 is 0 Å². The van der Waals surface area contributed by atoms with E-state index in [0.29, 0.717) is 31.3 Å². The Labute approximate surface area is 154 Å². The molecule has 0 saturated carbocycles. The summed E-state index contributed by atoms with van der Waals surface area (Å²) in [4.78, 5) is 24.4. The molecule has 0 amide bonds. The molecule has 1 aliphatic carbocycles. The summed E-state index contributed by atoms with van der Waals surface area (Å²) in [6.07, 6.45) is 4.67. The Kier molecular flexibility index (Phi) is 7.17. The van der Waals surface area contributed by atoms with Crippen molar-refractivity contribution in [1.82, 2.24) is 0 Å². The lowest BCUT2D eigenvalue weighted by molar-refractivity contribution is -0.149. The maximum absolute atomic E-state index is 12.3. The Morgan fingerprint density at radius 1 is 1.46 bits per heavy atom. The number of ether oxygens (including phenoxy) is 2. The highest BCUT2D eigenvalue weighted by Gasteiger charge is 2.46. The number of carbonyl (C=O) groups is 2. The molecule has 2 N–H and O–H groups in total. The number of hydrogen-bond acceptors (Lipinski definition) is 6. The lowest BCUT2D eigenvalue weighted by Crippen LogP contribution is -2.36. The largest absolute Gasteiger partial charge is 0.458 e. The summed E-state index contributed by atoms with van der Waals surface area (Å²) in [5.41, 5.74) is 1.53. The Bertz CT molecular complexity index is 618. The number of allylic oxidation sites excluding steroid dienone is 2. The van der Waals surface area contributed by atoms with Gasteiger partial charge >= 0.3 is 11.9 Å². The van der Waals surface area contributed by atoms with Crippen molar-refractivity contribution in [3.8, 4) is 0 Å². The zero-order valence-electron chi connectivity index (χ0n) is 15.4. The highest BCUT2D eigenvalue weighted by molar-refractivity contribution is 5.91. The SMILES string of the molecule is C=C1C(=O)O[C@@H]2C/C(CO)=C/CC[C@@H](CO)CC(OC(=O)/C(C)=C\C)[C@@H]12. The number of esters is 2. The van der Waals surface area contributed by atoms with Crippen molar-refractivity contribution in [2.45, 2.75) is 51.7 Å². The first-order valence-electron chi connectivity index (χ1n) is 9.04. The molecule has 1 fully saturated rings. The Morgan fingerprint density at radius 2 is 2.19 bits per heavy atom. The fraction of sp³-hybridized carbons (Fsp3) is 0.600. The second kappa shape index (κ2) is 9.14. The molecule has 0 aromatic carbocycles.